The van der Waals surface area contributed by atoms with Gasteiger partial charge >= 0.3 is 0 Å². The minimum Gasteiger partial charge on any atom is -0.503 e. The summed E-state index contributed by atoms with van der Waals surface area (Å²) in [6.07, 6.45) is 2.52. The number of aromatic hydroxyl groups is 1. The van der Waals surface area contributed by atoms with E-state index < -0.39 is 0 Å². The maximum Gasteiger partial charge on any atom is 0.266 e. The summed E-state index contributed by atoms with van der Waals surface area (Å²) < 4.78 is 6.52. The molecule has 0 atom stereocenters. The molecule has 2 aromatic carbocycles. The number of benzene rings is 2. The summed E-state index contributed by atoms with van der Waals surface area (Å²) in [5.74, 6) is 0.324. The first-order valence-electron chi connectivity index (χ1n) is 8.44. The zero-order valence-electron chi connectivity index (χ0n) is 14.6. The van der Waals surface area contributed by atoms with Crippen LogP contribution in [0.5, 0.6) is 11.5 Å². The van der Waals surface area contributed by atoms with E-state index in [0.717, 1.165) is 12.0 Å². The number of thioether (sulfide) groups is 1. The highest BCUT2D eigenvalue weighted by molar-refractivity contribution is 9.10. The molecule has 0 unspecified atom stereocenters. The molecule has 0 bridgehead atoms. The fourth-order valence-corrected chi connectivity index (χ4v) is 4.44. The SMILES string of the molecule is CCOc1cc(/C=C2\SC(=S)N(CCc3ccccc3)C2=O)cc(Br)c1O. The Balaban J connectivity index is 1.78. The fraction of sp³-hybridized carbons (Fsp3) is 0.200. The van der Waals surface area contributed by atoms with Gasteiger partial charge in [0.15, 0.2) is 11.5 Å². The Bertz CT molecular complexity index is 900. The second-order valence-electron chi connectivity index (χ2n) is 5.85. The minimum absolute atomic E-state index is 0.0457. The molecule has 2 aromatic rings. The van der Waals surface area contributed by atoms with Crippen LogP contribution in [0, 0.1) is 0 Å². The van der Waals surface area contributed by atoms with E-state index in [1.165, 1.54) is 17.3 Å². The molecule has 0 spiro atoms. The van der Waals surface area contributed by atoms with Crippen LogP contribution in [0.25, 0.3) is 6.08 Å². The molecular weight excluding hydrogens is 446 g/mol. The van der Waals surface area contributed by atoms with Crippen LogP contribution >= 0.6 is 39.9 Å². The number of nitrogens with zero attached hydrogens (tertiary/aromatic N) is 1. The molecule has 1 fully saturated rings. The lowest BCUT2D eigenvalue weighted by Crippen LogP contribution is -2.30. The summed E-state index contributed by atoms with van der Waals surface area (Å²) in [6, 6.07) is 13.5. The van der Waals surface area contributed by atoms with Crippen molar-refractivity contribution in [3.05, 3.63) is 63.0 Å². The number of thiocarbonyl (C=S) groups is 1. The summed E-state index contributed by atoms with van der Waals surface area (Å²) in [7, 11) is 0. The second-order valence-corrected chi connectivity index (χ2v) is 8.38. The predicted octanol–water partition coefficient (Wildman–Crippen LogP) is 5.00. The minimum atomic E-state index is -0.0944. The Morgan fingerprint density at radius 2 is 2.04 bits per heavy atom. The monoisotopic (exact) mass is 463 g/mol. The Labute approximate surface area is 176 Å². The number of amides is 1. The van der Waals surface area contributed by atoms with Crippen molar-refractivity contribution in [1.29, 1.82) is 0 Å². The van der Waals surface area contributed by atoms with E-state index in [2.05, 4.69) is 15.9 Å². The molecule has 1 heterocycles. The third kappa shape index (κ3) is 4.72. The molecule has 1 saturated heterocycles. The maximum atomic E-state index is 12.8. The van der Waals surface area contributed by atoms with Crippen molar-refractivity contribution < 1.29 is 14.6 Å². The van der Waals surface area contributed by atoms with Gasteiger partial charge in [-0.05, 0) is 58.6 Å². The van der Waals surface area contributed by atoms with Gasteiger partial charge in [-0.25, -0.2) is 0 Å². The van der Waals surface area contributed by atoms with Gasteiger partial charge in [0.1, 0.15) is 4.32 Å². The van der Waals surface area contributed by atoms with Crippen LogP contribution < -0.4 is 4.74 Å². The van der Waals surface area contributed by atoms with Crippen molar-refractivity contribution in [3.8, 4) is 11.5 Å². The Kier molecular flexibility index (Phi) is 6.57. The van der Waals surface area contributed by atoms with E-state index in [1.54, 1.807) is 23.1 Å². The van der Waals surface area contributed by atoms with E-state index in [9.17, 15) is 9.90 Å². The topological polar surface area (TPSA) is 49.8 Å². The van der Waals surface area contributed by atoms with Crippen LogP contribution in [0.15, 0.2) is 51.8 Å². The van der Waals surface area contributed by atoms with E-state index in [-0.39, 0.29) is 11.7 Å². The van der Waals surface area contributed by atoms with Crippen LogP contribution in [0.4, 0.5) is 0 Å². The molecule has 27 heavy (non-hydrogen) atoms. The van der Waals surface area contributed by atoms with Gasteiger partial charge in [0.25, 0.3) is 5.91 Å². The lowest BCUT2D eigenvalue weighted by atomic mass is 10.1. The molecule has 1 amide bonds. The van der Waals surface area contributed by atoms with Crippen molar-refractivity contribution >= 4 is 56.2 Å². The van der Waals surface area contributed by atoms with Crippen molar-refractivity contribution in [3.63, 3.8) is 0 Å². The Morgan fingerprint density at radius 3 is 2.74 bits per heavy atom. The molecule has 1 aliphatic rings. The first-order valence-corrected chi connectivity index (χ1v) is 10.5. The van der Waals surface area contributed by atoms with Gasteiger partial charge in [-0.3, -0.25) is 9.69 Å². The molecule has 1 aliphatic heterocycles. The molecule has 0 aliphatic carbocycles. The second kappa shape index (κ2) is 8.91. The molecule has 140 valence electrons. The highest BCUT2D eigenvalue weighted by atomic mass is 79.9. The number of halogens is 1. The van der Waals surface area contributed by atoms with Crippen molar-refractivity contribution in [2.24, 2.45) is 0 Å². The van der Waals surface area contributed by atoms with Gasteiger partial charge in [-0.15, -0.1) is 0 Å². The maximum absolute atomic E-state index is 12.8. The van der Waals surface area contributed by atoms with Crippen LogP contribution in [-0.2, 0) is 11.2 Å². The largest absolute Gasteiger partial charge is 0.503 e. The first-order chi connectivity index (χ1) is 13.0. The molecule has 4 nitrogen and oxygen atoms in total. The lowest BCUT2D eigenvalue weighted by molar-refractivity contribution is -0.122. The normalized spacial score (nSPS) is 15.6. The summed E-state index contributed by atoms with van der Waals surface area (Å²) in [6.45, 7) is 2.83. The number of ether oxygens (including phenoxy) is 1. The van der Waals surface area contributed by atoms with Gasteiger partial charge < -0.3 is 9.84 Å². The van der Waals surface area contributed by atoms with Crippen LogP contribution in [-0.4, -0.2) is 33.4 Å². The summed E-state index contributed by atoms with van der Waals surface area (Å²) in [5, 5.41) is 10.0. The number of phenolic OH excluding ortho intramolecular Hbond substituents is 1. The van der Waals surface area contributed by atoms with Crippen molar-refractivity contribution in [2.45, 2.75) is 13.3 Å². The summed E-state index contributed by atoms with van der Waals surface area (Å²) in [4.78, 5) is 15.0. The number of carbonyl (C=O) groups excluding carboxylic acids is 1. The zero-order chi connectivity index (χ0) is 19.4. The van der Waals surface area contributed by atoms with E-state index >= 15 is 0 Å². The summed E-state index contributed by atoms with van der Waals surface area (Å²) in [5.41, 5.74) is 1.92. The highest BCUT2D eigenvalue weighted by Gasteiger charge is 2.31. The molecule has 0 aromatic heterocycles. The molecule has 7 heteroatoms. The molecule has 3 rings (SSSR count). The van der Waals surface area contributed by atoms with Crippen molar-refractivity contribution in [1.82, 2.24) is 4.90 Å². The number of hydrogen-bond acceptors (Lipinski definition) is 5. The first kappa shape index (κ1) is 19.9. The van der Waals surface area contributed by atoms with Gasteiger partial charge in [-0.1, -0.05) is 54.3 Å². The smallest absolute Gasteiger partial charge is 0.266 e. The molecule has 0 radical (unpaired) electrons. The quantitative estimate of drug-likeness (QED) is 0.482. The van der Waals surface area contributed by atoms with Gasteiger partial charge in [0.05, 0.1) is 16.0 Å². The molecular formula is C20H18BrNO3S2. The third-order valence-corrected chi connectivity index (χ3v) is 5.97. The molecule has 1 N–H and O–H groups in total. The van der Waals surface area contributed by atoms with Crippen LogP contribution in [0.3, 0.4) is 0 Å². The standard InChI is InChI=1S/C20H18BrNO3S2/c1-2-25-16-11-14(10-15(21)18(16)23)12-17-19(24)22(20(26)27-17)9-8-13-6-4-3-5-7-13/h3-7,10-12,23H,2,8-9H2,1H3/b17-12-. The van der Waals surface area contributed by atoms with E-state index in [1.807, 2.05) is 37.3 Å². The molecule has 0 saturated carbocycles. The van der Waals surface area contributed by atoms with Gasteiger partial charge in [-0.2, -0.15) is 0 Å². The Hall–Kier alpha value is -1.83. The van der Waals surface area contributed by atoms with Gasteiger partial charge in [0, 0.05) is 6.54 Å². The number of phenols is 1. The van der Waals surface area contributed by atoms with Gasteiger partial charge in [0.2, 0.25) is 0 Å². The number of hydrogen-bond donors (Lipinski definition) is 1. The van der Waals surface area contributed by atoms with Crippen LogP contribution in [0.2, 0.25) is 0 Å². The predicted molar refractivity (Wildman–Crippen MR) is 117 cm³/mol. The average Bonchev–Trinajstić information content (AvgIpc) is 2.92. The Morgan fingerprint density at radius 1 is 1.30 bits per heavy atom. The lowest BCUT2D eigenvalue weighted by Gasteiger charge is -2.14. The zero-order valence-corrected chi connectivity index (χ0v) is 17.9. The average molecular weight is 464 g/mol. The number of carbonyl (C=O) groups is 1. The van der Waals surface area contributed by atoms with Crippen molar-refractivity contribution in [2.75, 3.05) is 13.2 Å². The number of rotatable bonds is 6. The van der Waals surface area contributed by atoms with E-state index in [4.69, 9.17) is 17.0 Å². The highest BCUT2D eigenvalue weighted by Crippen LogP contribution is 2.38. The van der Waals surface area contributed by atoms with Crippen LogP contribution in [0.1, 0.15) is 18.1 Å². The van der Waals surface area contributed by atoms with E-state index in [0.29, 0.717) is 32.6 Å². The fourth-order valence-electron chi connectivity index (χ4n) is 2.67. The third-order valence-electron chi connectivity index (χ3n) is 3.99. The summed E-state index contributed by atoms with van der Waals surface area (Å²) >= 11 is 10.0.